The van der Waals surface area contributed by atoms with Crippen molar-refractivity contribution >= 4 is 11.7 Å². The van der Waals surface area contributed by atoms with E-state index in [4.69, 9.17) is 0 Å². The highest BCUT2D eigenvalue weighted by molar-refractivity contribution is 5.93. The van der Waals surface area contributed by atoms with Crippen molar-refractivity contribution in [1.29, 1.82) is 0 Å². The summed E-state index contributed by atoms with van der Waals surface area (Å²) in [5.74, 6) is -0.324. The highest BCUT2D eigenvalue weighted by Gasteiger charge is 2.38. The fraction of sp³-hybridized carbons (Fsp3) is 0.235. The number of benzene rings is 2. The van der Waals surface area contributed by atoms with Gasteiger partial charge in [-0.3, -0.25) is 0 Å². The third kappa shape index (κ3) is 3.09. The molecular formula is C17H18FN3O. The predicted octanol–water partition coefficient (Wildman–Crippen LogP) is 3.21. The Morgan fingerprint density at radius 1 is 1.09 bits per heavy atom. The molecular weight excluding hydrogens is 281 g/mol. The maximum absolute atomic E-state index is 13.0. The molecule has 2 N–H and O–H groups in total. The SMILES string of the molecule is CC1(CCc2ccccc2)NC(=O)N(c2ccc(F)cc2)N1. The first kappa shape index (κ1) is 14.5. The van der Waals surface area contributed by atoms with E-state index >= 15 is 0 Å². The zero-order chi connectivity index (χ0) is 15.6. The largest absolute Gasteiger partial charge is 0.338 e. The molecule has 4 nitrogen and oxygen atoms in total. The van der Waals surface area contributed by atoms with E-state index in [2.05, 4.69) is 22.9 Å². The van der Waals surface area contributed by atoms with Crippen LogP contribution < -0.4 is 15.8 Å². The van der Waals surface area contributed by atoms with Gasteiger partial charge in [-0.2, -0.15) is 0 Å². The van der Waals surface area contributed by atoms with Gasteiger partial charge in [-0.25, -0.2) is 19.6 Å². The normalized spacial score (nSPS) is 21.0. The number of rotatable bonds is 4. The minimum atomic E-state index is -0.526. The summed E-state index contributed by atoms with van der Waals surface area (Å²) in [6.07, 6.45) is 1.60. The number of anilines is 1. The molecule has 1 atom stereocenters. The number of hydrazine groups is 1. The Hall–Kier alpha value is -2.40. The van der Waals surface area contributed by atoms with E-state index in [0.717, 1.165) is 12.8 Å². The lowest BCUT2D eigenvalue weighted by atomic mass is 10.0. The van der Waals surface area contributed by atoms with Crippen molar-refractivity contribution in [2.75, 3.05) is 5.01 Å². The topological polar surface area (TPSA) is 44.4 Å². The summed E-state index contributed by atoms with van der Waals surface area (Å²) in [4.78, 5) is 12.1. The quantitative estimate of drug-likeness (QED) is 0.910. The van der Waals surface area contributed by atoms with Gasteiger partial charge in [-0.05, 0) is 49.6 Å². The van der Waals surface area contributed by atoms with Crippen LogP contribution in [-0.4, -0.2) is 11.7 Å². The number of amides is 2. The molecule has 2 amide bonds. The zero-order valence-corrected chi connectivity index (χ0v) is 12.3. The molecule has 22 heavy (non-hydrogen) atoms. The molecule has 5 heteroatoms. The van der Waals surface area contributed by atoms with Gasteiger partial charge in [-0.1, -0.05) is 30.3 Å². The Morgan fingerprint density at radius 2 is 1.77 bits per heavy atom. The smallest absolute Gasteiger partial charge is 0.317 e. The van der Waals surface area contributed by atoms with E-state index in [1.165, 1.54) is 22.7 Å². The van der Waals surface area contributed by atoms with Crippen LogP contribution in [-0.2, 0) is 6.42 Å². The molecule has 1 aliphatic heterocycles. The lowest BCUT2D eigenvalue weighted by Crippen LogP contribution is -2.48. The molecule has 1 saturated heterocycles. The summed E-state index contributed by atoms with van der Waals surface area (Å²) in [5.41, 5.74) is 4.48. The van der Waals surface area contributed by atoms with Crippen LogP contribution in [0.2, 0.25) is 0 Å². The molecule has 1 fully saturated rings. The average Bonchev–Trinajstić information content (AvgIpc) is 2.83. The monoisotopic (exact) mass is 299 g/mol. The summed E-state index contributed by atoms with van der Waals surface area (Å²) >= 11 is 0. The van der Waals surface area contributed by atoms with Crippen molar-refractivity contribution in [3.63, 3.8) is 0 Å². The van der Waals surface area contributed by atoms with Crippen LogP contribution in [0, 0.1) is 5.82 Å². The molecule has 114 valence electrons. The molecule has 1 unspecified atom stereocenters. The van der Waals surface area contributed by atoms with Gasteiger partial charge in [0.1, 0.15) is 11.5 Å². The Morgan fingerprint density at radius 3 is 2.45 bits per heavy atom. The lowest BCUT2D eigenvalue weighted by molar-refractivity contribution is 0.246. The van der Waals surface area contributed by atoms with Gasteiger partial charge in [-0.15, -0.1) is 0 Å². The molecule has 2 aromatic rings. The van der Waals surface area contributed by atoms with Crippen LogP contribution in [0.1, 0.15) is 18.9 Å². The standard InChI is InChI=1S/C17H18FN3O/c1-17(12-11-13-5-3-2-4-6-13)19-16(22)21(20-17)15-9-7-14(18)8-10-15/h2-10,20H,11-12H2,1H3,(H,19,22). The van der Waals surface area contributed by atoms with Gasteiger partial charge in [0.2, 0.25) is 0 Å². The molecule has 1 aliphatic rings. The molecule has 3 rings (SSSR count). The Labute approximate surface area is 128 Å². The molecule has 0 aromatic heterocycles. The second-order valence-corrected chi connectivity index (χ2v) is 5.67. The van der Waals surface area contributed by atoms with Crippen molar-refractivity contribution in [3.8, 4) is 0 Å². The van der Waals surface area contributed by atoms with Crippen molar-refractivity contribution in [2.45, 2.75) is 25.4 Å². The van der Waals surface area contributed by atoms with Crippen LogP contribution in [0.3, 0.4) is 0 Å². The van der Waals surface area contributed by atoms with Crippen LogP contribution in [0.5, 0.6) is 0 Å². The lowest BCUT2D eigenvalue weighted by Gasteiger charge is -2.25. The number of hydrogen-bond donors (Lipinski definition) is 2. The third-order valence-corrected chi connectivity index (χ3v) is 3.79. The Bertz CT molecular complexity index is 659. The number of urea groups is 1. The van der Waals surface area contributed by atoms with Gasteiger partial charge < -0.3 is 5.32 Å². The van der Waals surface area contributed by atoms with E-state index in [-0.39, 0.29) is 11.8 Å². The molecule has 0 spiro atoms. The highest BCUT2D eigenvalue weighted by atomic mass is 19.1. The number of aryl methyl sites for hydroxylation is 1. The van der Waals surface area contributed by atoms with Gasteiger partial charge >= 0.3 is 6.03 Å². The second kappa shape index (κ2) is 5.77. The van der Waals surface area contributed by atoms with Crippen molar-refractivity contribution in [2.24, 2.45) is 0 Å². The molecule has 0 aliphatic carbocycles. The van der Waals surface area contributed by atoms with Crippen LogP contribution in [0.4, 0.5) is 14.9 Å². The fourth-order valence-electron chi connectivity index (χ4n) is 2.55. The molecule has 2 aromatic carbocycles. The maximum atomic E-state index is 13.0. The number of carbonyl (C=O) groups is 1. The number of carbonyl (C=O) groups excluding carboxylic acids is 1. The van der Waals surface area contributed by atoms with E-state index in [1.54, 1.807) is 12.1 Å². The van der Waals surface area contributed by atoms with Crippen molar-refractivity contribution in [1.82, 2.24) is 10.7 Å². The minimum absolute atomic E-state index is 0.234. The fourth-order valence-corrected chi connectivity index (χ4v) is 2.55. The molecule has 0 saturated carbocycles. The Balaban J connectivity index is 1.68. The van der Waals surface area contributed by atoms with Crippen molar-refractivity contribution in [3.05, 3.63) is 66.0 Å². The minimum Gasteiger partial charge on any atom is -0.317 e. The summed E-state index contributed by atoms with van der Waals surface area (Å²) in [6, 6.07) is 15.7. The zero-order valence-electron chi connectivity index (χ0n) is 12.3. The van der Waals surface area contributed by atoms with E-state index in [9.17, 15) is 9.18 Å². The van der Waals surface area contributed by atoms with Gasteiger partial charge in [0.15, 0.2) is 0 Å². The van der Waals surface area contributed by atoms with E-state index < -0.39 is 5.66 Å². The number of halogens is 1. The van der Waals surface area contributed by atoms with Crippen LogP contribution >= 0.6 is 0 Å². The van der Waals surface area contributed by atoms with Crippen LogP contribution in [0.25, 0.3) is 0 Å². The molecule has 1 heterocycles. The number of hydrogen-bond acceptors (Lipinski definition) is 2. The van der Waals surface area contributed by atoms with Crippen LogP contribution in [0.15, 0.2) is 54.6 Å². The maximum Gasteiger partial charge on any atom is 0.338 e. The molecule has 0 bridgehead atoms. The second-order valence-electron chi connectivity index (χ2n) is 5.67. The Kier molecular flexibility index (Phi) is 3.81. The number of nitrogens with zero attached hydrogens (tertiary/aromatic N) is 1. The summed E-state index contributed by atoms with van der Waals surface area (Å²) < 4.78 is 13.0. The van der Waals surface area contributed by atoms with Gasteiger partial charge in [0, 0.05) is 0 Å². The third-order valence-electron chi connectivity index (χ3n) is 3.79. The first-order valence-electron chi connectivity index (χ1n) is 7.25. The average molecular weight is 299 g/mol. The summed E-state index contributed by atoms with van der Waals surface area (Å²) in [5, 5.41) is 4.37. The first-order valence-corrected chi connectivity index (χ1v) is 7.25. The van der Waals surface area contributed by atoms with E-state index in [1.807, 2.05) is 25.1 Å². The van der Waals surface area contributed by atoms with Gasteiger partial charge in [0.05, 0.1) is 5.69 Å². The predicted molar refractivity (Wildman–Crippen MR) is 83.7 cm³/mol. The molecule has 0 radical (unpaired) electrons. The highest BCUT2D eigenvalue weighted by Crippen LogP contribution is 2.22. The van der Waals surface area contributed by atoms with Gasteiger partial charge in [0.25, 0.3) is 0 Å². The summed E-state index contributed by atoms with van der Waals surface area (Å²) in [6.45, 7) is 1.94. The first-order chi connectivity index (χ1) is 10.6. The summed E-state index contributed by atoms with van der Waals surface area (Å²) in [7, 11) is 0. The van der Waals surface area contributed by atoms with E-state index in [0.29, 0.717) is 5.69 Å². The number of nitrogens with one attached hydrogen (secondary N) is 2. The van der Waals surface area contributed by atoms with Crippen molar-refractivity contribution < 1.29 is 9.18 Å².